The molecule has 3 aliphatic carbocycles. The van der Waals surface area contributed by atoms with E-state index in [9.17, 15) is 14.7 Å². The predicted octanol–water partition coefficient (Wildman–Crippen LogP) is 3.70. The van der Waals surface area contributed by atoms with Crippen molar-refractivity contribution in [3.63, 3.8) is 0 Å². The van der Waals surface area contributed by atoms with Crippen LogP contribution >= 0.6 is 0 Å². The van der Waals surface area contributed by atoms with Gasteiger partial charge in [0.05, 0.1) is 42.7 Å². The molecule has 1 N–H and O–H groups in total. The average molecular weight is 467 g/mol. The van der Waals surface area contributed by atoms with Crippen LogP contribution < -0.4 is 9.64 Å². The van der Waals surface area contributed by atoms with Gasteiger partial charge in [0.2, 0.25) is 11.8 Å². The summed E-state index contributed by atoms with van der Waals surface area (Å²) in [6.07, 6.45) is 1.82. The summed E-state index contributed by atoms with van der Waals surface area (Å²) in [7, 11) is 0. The van der Waals surface area contributed by atoms with Crippen LogP contribution in [0.25, 0.3) is 0 Å². The van der Waals surface area contributed by atoms with Crippen LogP contribution in [0.1, 0.15) is 35.1 Å². The zero-order valence-corrected chi connectivity index (χ0v) is 19.4. The average Bonchev–Trinajstić information content (AvgIpc) is 3.16. The number of carbonyl (C=O) groups is 2. The van der Waals surface area contributed by atoms with E-state index in [1.54, 1.807) is 24.3 Å². The van der Waals surface area contributed by atoms with Crippen molar-refractivity contribution in [2.75, 3.05) is 24.7 Å². The molecular weight excluding hydrogens is 440 g/mol. The molecule has 2 bridgehead atoms. The smallest absolute Gasteiger partial charge is 0.239 e. The zero-order chi connectivity index (χ0) is 24.2. The summed E-state index contributed by atoms with van der Waals surface area (Å²) in [6.45, 7) is 2.60. The van der Waals surface area contributed by atoms with Crippen LogP contribution in [0.4, 0.5) is 5.69 Å². The molecular formula is C29H26N2O4. The van der Waals surface area contributed by atoms with Crippen molar-refractivity contribution in [1.82, 2.24) is 0 Å². The maximum Gasteiger partial charge on any atom is 0.239 e. The molecule has 6 heteroatoms. The molecule has 0 radical (unpaired) electrons. The number of hydrogen-bond acceptors (Lipinski definition) is 5. The van der Waals surface area contributed by atoms with Crippen LogP contribution in [0.2, 0.25) is 0 Å². The van der Waals surface area contributed by atoms with Crippen LogP contribution in [0.5, 0.6) is 5.75 Å². The maximum atomic E-state index is 14.2. The number of amides is 2. The maximum absolute atomic E-state index is 14.2. The summed E-state index contributed by atoms with van der Waals surface area (Å²) in [5, 5.41) is 9.43. The van der Waals surface area contributed by atoms with Crippen molar-refractivity contribution >= 4 is 23.7 Å². The van der Waals surface area contributed by atoms with Gasteiger partial charge < -0.3 is 9.84 Å². The molecule has 1 aliphatic heterocycles. The molecule has 0 spiro atoms. The molecule has 3 aromatic carbocycles. The van der Waals surface area contributed by atoms with Gasteiger partial charge in [-0.2, -0.15) is 0 Å². The number of carbonyl (C=O) groups excluding carboxylic acids is 2. The third-order valence-electron chi connectivity index (χ3n) is 7.61. The van der Waals surface area contributed by atoms with E-state index in [1.165, 1.54) is 4.90 Å². The van der Waals surface area contributed by atoms with E-state index >= 15 is 0 Å². The van der Waals surface area contributed by atoms with Crippen LogP contribution in [0.3, 0.4) is 0 Å². The highest BCUT2D eigenvalue weighted by atomic mass is 16.5. The molecule has 1 saturated heterocycles. The minimum Gasteiger partial charge on any atom is -0.494 e. The number of nitrogens with zero attached hydrogens (tertiary/aromatic N) is 2. The first kappa shape index (κ1) is 21.7. The predicted molar refractivity (Wildman–Crippen MR) is 133 cm³/mol. The van der Waals surface area contributed by atoms with Gasteiger partial charge in [0.25, 0.3) is 0 Å². The SMILES string of the molecule is CCOc1ccc(N2C(=O)C3C4c5ccccc5C(C=NCCO)(c5ccccc54)C3C2=O)cc1. The number of rotatable bonds is 6. The summed E-state index contributed by atoms with van der Waals surface area (Å²) in [6, 6.07) is 23.3. The van der Waals surface area contributed by atoms with E-state index in [2.05, 4.69) is 29.3 Å². The molecule has 35 heavy (non-hydrogen) atoms. The number of aliphatic imine (C=N–C) groups is 1. The molecule has 0 saturated carbocycles. The lowest BCUT2D eigenvalue weighted by Crippen LogP contribution is -2.54. The summed E-state index contributed by atoms with van der Waals surface area (Å²) < 4.78 is 5.55. The van der Waals surface area contributed by atoms with Crippen LogP contribution in [-0.2, 0) is 15.0 Å². The van der Waals surface area contributed by atoms with E-state index < -0.39 is 17.3 Å². The largest absolute Gasteiger partial charge is 0.494 e. The summed E-state index contributed by atoms with van der Waals surface area (Å²) in [5.41, 5.74) is 3.83. The van der Waals surface area contributed by atoms with Crippen LogP contribution in [0, 0.1) is 11.8 Å². The number of anilines is 1. The molecule has 176 valence electrons. The van der Waals surface area contributed by atoms with Crippen molar-refractivity contribution < 1.29 is 19.4 Å². The van der Waals surface area contributed by atoms with Crippen molar-refractivity contribution in [2.45, 2.75) is 18.3 Å². The second kappa shape index (κ2) is 8.17. The first-order chi connectivity index (χ1) is 17.1. The van der Waals surface area contributed by atoms with Gasteiger partial charge >= 0.3 is 0 Å². The topological polar surface area (TPSA) is 79.2 Å². The van der Waals surface area contributed by atoms with E-state index in [0.29, 0.717) is 18.0 Å². The number of hydrogen-bond donors (Lipinski definition) is 1. The number of benzene rings is 3. The fraction of sp³-hybridized carbons (Fsp3) is 0.276. The Morgan fingerprint density at radius 2 is 1.57 bits per heavy atom. The second-order valence-electron chi connectivity index (χ2n) is 9.22. The molecule has 0 aromatic heterocycles. The van der Waals surface area contributed by atoms with E-state index in [0.717, 1.165) is 22.3 Å². The highest BCUT2D eigenvalue weighted by molar-refractivity contribution is 6.25. The van der Waals surface area contributed by atoms with Gasteiger partial charge in [-0.1, -0.05) is 48.5 Å². The van der Waals surface area contributed by atoms with E-state index in [4.69, 9.17) is 4.74 Å². The molecule has 7 rings (SSSR count). The Bertz CT molecular complexity index is 1300. The monoisotopic (exact) mass is 466 g/mol. The van der Waals surface area contributed by atoms with Gasteiger partial charge in [0.1, 0.15) is 5.75 Å². The van der Waals surface area contributed by atoms with Crippen molar-refractivity contribution in [1.29, 1.82) is 0 Å². The Morgan fingerprint density at radius 3 is 2.17 bits per heavy atom. The Morgan fingerprint density at radius 1 is 0.943 bits per heavy atom. The van der Waals surface area contributed by atoms with Gasteiger partial charge in [0.15, 0.2) is 0 Å². The summed E-state index contributed by atoms with van der Waals surface area (Å²) in [5.74, 6) is -1.05. The van der Waals surface area contributed by atoms with Crippen LogP contribution in [0.15, 0.2) is 77.8 Å². The van der Waals surface area contributed by atoms with Gasteiger partial charge in [-0.25, -0.2) is 4.90 Å². The number of imide groups is 1. The normalized spacial score (nSPS) is 26.1. The summed E-state index contributed by atoms with van der Waals surface area (Å²) in [4.78, 5) is 34.1. The summed E-state index contributed by atoms with van der Waals surface area (Å²) >= 11 is 0. The first-order valence-electron chi connectivity index (χ1n) is 12.0. The first-order valence-corrected chi connectivity index (χ1v) is 12.0. The van der Waals surface area contributed by atoms with Crippen molar-refractivity contribution in [3.8, 4) is 5.75 Å². The van der Waals surface area contributed by atoms with Gasteiger partial charge in [0, 0.05) is 12.1 Å². The minimum atomic E-state index is -0.880. The van der Waals surface area contributed by atoms with E-state index in [1.807, 2.05) is 37.4 Å². The van der Waals surface area contributed by atoms with Crippen LogP contribution in [-0.4, -0.2) is 42.9 Å². The molecule has 1 fully saturated rings. The van der Waals surface area contributed by atoms with Crippen molar-refractivity contribution in [2.24, 2.45) is 16.8 Å². The third-order valence-corrected chi connectivity index (χ3v) is 7.61. The number of ether oxygens (including phenoxy) is 1. The Labute approximate surface area is 203 Å². The Kier molecular flexibility index (Phi) is 5.07. The van der Waals surface area contributed by atoms with Gasteiger partial charge in [-0.3, -0.25) is 14.6 Å². The van der Waals surface area contributed by atoms with Crippen molar-refractivity contribution in [3.05, 3.63) is 95.1 Å². The molecule has 2 atom stereocenters. The minimum absolute atomic E-state index is 0.0855. The third kappa shape index (κ3) is 2.89. The molecule has 4 aliphatic rings. The lowest BCUT2D eigenvalue weighted by molar-refractivity contribution is -0.122. The fourth-order valence-corrected chi connectivity index (χ4v) is 6.43. The molecule has 6 nitrogen and oxygen atoms in total. The Balaban J connectivity index is 1.57. The highest BCUT2D eigenvalue weighted by Gasteiger charge is 2.67. The quantitative estimate of drug-likeness (QED) is 0.444. The zero-order valence-electron chi connectivity index (χ0n) is 19.4. The Hall–Kier alpha value is -3.77. The number of aliphatic hydroxyl groups is 1. The number of aliphatic hydroxyl groups excluding tert-OH is 1. The lowest BCUT2D eigenvalue weighted by Gasteiger charge is -2.52. The van der Waals surface area contributed by atoms with Gasteiger partial charge in [-0.05, 0) is 53.4 Å². The highest BCUT2D eigenvalue weighted by Crippen LogP contribution is 2.63. The lowest BCUT2D eigenvalue weighted by atomic mass is 9.47. The molecule has 3 aromatic rings. The molecule has 2 amide bonds. The molecule has 2 unspecified atom stereocenters. The van der Waals surface area contributed by atoms with Gasteiger partial charge in [-0.15, -0.1) is 0 Å². The fourth-order valence-electron chi connectivity index (χ4n) is 6.43. The van der Waals surface area contributed by atoms with E-state index in [-0.39, 0.29) is 30.9 Å². The standard InChI is InChI=1S/C29H26N2O4/c1-2-35-19-13-11-18(12-14-19)31-27(33)25-24-20-7-3-5-9-22(20)29(17-30-15-16-32,26(25)28(31)34)23-10-6-4-8-21(23)24/h3-14,17,24-26,32H,2,15-16H2,1H3. The molecule has 1 heterocycles. The second-order valence-corrected chi connectivity index (χ2v) is 9.22.